The summed E-state index contributed by atoms with van der Waals surface area (Å²) in [4.78, 5) is 0. The first-order valence-electron chi connectivity index (χ1n) is 8.54. The Balaban J connectivity index is 3.16. The van der Waals surface area contributed by atoms with Crippen LogP contribution in [0.1, 0.15) is 64.9 Å². The van der Waals surface area contributed by atoms with Crippen LogP contribution in [0.3, 0.4) is 0 Å². The highest BCUT2D eigenvalue weighted by Crippen LogP contribution is 2.21. The van der Waals surface area contributed by atoms with Crippen LogP contribution in [0.5, 0.6) is 0 Å². The summed E-state index contributed by atoms with van der Waals surface area (Å²) in [6.45, 7) is 11.1. The van der Waals surface area contributed by atoms with Crippen molar-refractivity contribution in [2.75, 3.05) is 32.9 Å². The molecule has 8 heteroatoms. The Morgan fingerprint density at radius 2 is 1.38 bits per heavy atom. The van der Waals surface area contributed by atoms with Crippen LogP contribution in [0.15, 0.2) is 0 Å². The lowest BCUT2D eigenvalue weighted by atomic mass is 10.2. The quantitative estimate of drug-likeness (QED) is 0.583. The van der Waals surface area contributed by atoms with Gasteiger partial charge in [-0.2, -0.15) is 0 Å². The van der Waals surface area contributed by atoms with Crippen molar-refractivity contribution in [1.29, 1.82) is 0 Å². The van der Waals surface area contributed by atoms with Crippen LogP contribution in [-0.4, -0.2) is 54.6 Å². The summed E-state index contributed by atoms with van der Waals surface area (Å²) in [7, 11) is 3.25. The van der Waals surface area contributed by atoms with Crippen LogP contribution in [0.2, 0.25) is 0 Å². The Bertz CT molecular complexity index is 435. The first-order chi connectivity index (χ1) is 11.5. The summed E-state index contributed by atoms with van der Waals surface area (Å²) in [6, 6.07) is -0.0730. The molecule has 0 fully saturated rings. The van der Waals surface area contributed by atoms with Crippen molar-refractivity contribution >= 4 is 0 Å². The SMILES string of the molecule is CCOC(C)c1nnc(C(C)OCC)n1N[C@H](CC)C(OC)OC. The molecule has 1 aromatic heterocycles. The molecule has 1 heterocycles. The zero-order chi connectivity index (χ0) is 18.1. The first-order valence-corrected chi connectivity index (χ1v) is 8.54. The van der Waals surface area contributed by atoms with Crippen LogP contribution in [0.25, 0.3) is 0 Å². The summed E-state index contributed by atoms with van der Waals surface area (Å²) in [5, 5.41) is 8.60. The lowest BCUT2D eigenvalue weighted by Crippen LogP contribution is -2.41. The Hall–Kier alpha value is -1.22. The number of ether oxygens (including phenoxy) is 4. The average Bonchev–Trinajstić information content (AvgIpc) is 2.99. The topological polar surface area (TPSA) is 79.7 Å². The molecule has 0 saturated carbocycles. The molecule has 0 aliphatic rings. The van der Waals surface area contributed by atoms with E-state index in [0.717, 1.165) is 6.42 Å². The highest BCUT2D eigenvalue weighted by molar-refractivity contribution is 5.06. The molecule has 0 bridgehead atoms. The molecule has 2 unspecified atom stereocenters. The van der Waals surface area contributed by atoms with Gasteiger partial charge in [0.15, 0.2) is 17.9 Å². The van der Waals surface area contributed by atoms with Gasteiger partial charge in [0.05, 0.1) is 6.04 Å². The Labute approximate surface area is 144 Å². The van der Waals surface area contributed by atoms with Crippen LogP contribution in [0.4, 0.5) is 0 Å². The molecular weight excluding hydrogens is 312 g/mol. The maximum atomic E-state index is 5.68. The van der Waals surface area contributed by atoms with Crippen LogP contribution in [-0.2, 0) is 18.9 Å². The van der Waals surface area contributed by atoms with Gasteiger partial charge < -0.3 is 24.4 Å². The number of nitrogens with zero attached hydrogens (tertiary/aromatic N) is 3. The second-order valence-electron chi connectivity index (χ2n) is 5.43. The molecule has 8 nitrogen and oxygen atoms in total. The maximum Gasteiger partial charge on any atom is 0.180 e. The van der Waals surface area contributed by atoms with E-state index in [4.69, 9.17) is 18.9 Å². The smallest absolute Gasteiger partial charge is 0.180 e. The molecule has 1 N–H and O–H groups in total. The third-order valence-electron chi connectivity index (χ3n) is 3.80. The Morgan fingerprint density at radius 1 is 0.917 bits per heavy atom. The fraction of sp³-hybridized carbons (Fsp3) is 0.875. The molecule has 1 aromatic rings. The minimum absolute atomic E-state index is 0.0730. The molecule has 0 aromatic carbocycles. The van der Waals surface area contributed by atoms with Crippen molar-refractivity contribution in [2.24, 2.45) is 0 Å². The van der Waals surface area contributed by atoms with E-state index in [0.29, 0.717) is 24.9 Å². The number of methoxy groups -OCH3 is 2. The normalized spacial score (nSPS) is 15.5. The minimum atomic E-state index is -0.386. The molecule has 0 saturated heterocycles. The van der Waals surface area contributed by atoms with E-state index in [1.807, 2.05) is 32.4 Å². The molecule has 0 spiro atoms. The van der Waals surface area contributed by atoms with Crippen molar-refractivity contribution in [1.82, 2.24) is 14.9 Å². The summed E-state index contributed by atoms with van der Waals surface area (Å²) >= 11 is 0. The molecule has 0 amide bonds. The van der Waals surface area contributed by atoms with Gasteiger partial charge in [-0.1, -0.05) is 6.92 Å². The number of rotatable bonds is 12. The van der Waals surface area contributed by atoms with E-state index in [2.05, 4.69) is 22.5 Å². The minimum Gasteiger partial charge on any atom is -0.371 e. The molecule has 0 radical (unpaired) electrons. The lowest BCUT2D eigenvalue weighted by Gasteiger charge is -2.28. The fourth-order valence-corrected chi connectivity index (χ4v) is 2.55. The van der Waals surface area contributed by atoms with E-state index in [-0.39, 0.29) is 24.5 Å². The molecule has 0 aliphatic heterocycles. The van der Waals surface area contributed by atoms with Crippen molar-refractivity contribution < 1.29 is 18.9 Å². The van der Waals surface area contributed by atoms with Gasteiger partial charge in [0.1, 0.15) is 12.2 Å². The monoisotopic (exact) mass is 344 g/mol. The van der Waals surface area contributed by atoms with Gasteiger partial charge in [-0.3, -0.25) is 0 Å². The standard InChI is InChI=1S/C16H32N4O4/c1-8-13(16(21-6)22-7)19-20-14(11(4)23-9-2)17-18-15(20)12(5)24-10-3/h11-13,16,19H,8-10H2,1-7H3/t11?,12?,13-/m1/s1. The van der Waals surface area contributed by atoms with Crippen LogP contribution < -0.4 is 5.43 Å². The van der Waals surface area contributed by atoms with E-state index in [1.54, 1.807) is 14.2 Å². The fourth-order valence-electron chi connectivity index (χ4n) is 2.55. The van der Waals surface area contributed by atoms with Gasteiger partial charge in [-0.05, 0) is 34.1 Å². The third-order valence-corrected chi connectivity index (χ3v) is 3.80. The zero-order valence-electron chi connectivity index (χ0n) is 15.9. The lowest BCUT2D eigenvalue weighted by molar-refractivity contribution is -0.114. The van der Waals surface area contributed by atoms with Gasteiger partial charge >= 0.3 is 0 Å². The first kappa shape index (κ1) is 20.8. The van der Waals surface area contributed by atoms with Crippen molar-refractivity contribution in [3.8, 4) is 0 Å². The molecule has 0 aliphatic carbocycles. The van der Waals surface area contributed by atoms with Crippen molar-refractivity contribution in [3.05, 3.63) is 11.6 Å². The van der Waals surface area contributed by atoms with Crippen LogP contribution >= 0.6 is 0 Å². The second-order valence-corrected chi connectivity index (χ2v) is 5.43. The maximum absolute atomic E-state index is 5.68. The van der Waals surface area contributed by atoms with E-state index in [1.165, 1.54) is 0 Å². The molecular formula is C16H32N4O4. The third kappa shape index (κ3) is 5.14. The number of hydrogen-bond acceptors (Lipinski definition) is 7. The van der Waals surface area contributed by atoms with Crippen molar-refractivity contribution in [2.45, 2.75) is 65.6 Å². The number of aromatic nitrogens is 3. The predicted octanol–water partition coefficient (Wildman–Crippen LogP) is 2.41. The summed E-state index contributed by atoms with van der Waals surface area (Å²) in [5.74, 6) is 1.39. The van der Waals surface area contributed by atoms with E-state index < -0.39 is 0 Å². The highest BCUT2D eigenvalue weighted by Gasteiger charge is 2.26. The van der Waals surface area contributed by atoms with Gasteiger partial charge in [-0.25, -0.2) is 4.68 Å². The van der Waals surface area contributed by atoms with Gasteiger partial charge in [0, 0.05) is 27.4 Å². The van der Waals surface area contributed by atoms with E-state index in [9.17, 15) is 0 Å². The predicted molar refractivity (Wildman–Crippen MR) is 91.3 cm³/mol. The van der Waals surface area contributed by atoms with Crippen molar-refractivity contribution in [3.63, 3.8) is 0 Å². The number of hydrogen-bond donors (Lipinski definition) is 1. The van der Waals surface area contributed by atoms with E-state index >= 15 is 0 Å². The average molecular weight is 344 g/mol. The molecule has 24 heavy (non-hydrogen) atoms. The second kappa shape index (κ2) is 10.6. The van der Waals surface area contributed by atoms with Gasteiger partial charge in [0.2, 0.25) is 0 Å². The molecule has 140 valence electrons. The molecule has 1 rings (SSSR count). The van der Waals surface area contributed by atoms with Gasteiger partial charge in [0.25, 0.3) is 0 Å². The zero-order valence-corrected chi connectivity index (χ0v) is 15.9. The van der Waals surface area contributed by atoms with Crippen LogP contribution in [0, 0.1) is 0 Å². The molecule has 3 atom stereocenters. The largest absolute Gasteiger partial charge is 0.371 e. The highest BCUT2D eigenvalue weighted by atomic mass is 16.7. The van der Waals surface area contributed by atoms with Gasteiger partial charge in [-0.15, -0.1) is 10.2 Å². The number of nitrogens with one attached hydrogen (secondary N) is 1. The Morgan fingerprint density at radius 3 is 1.71 bits per heavy atom. The summed E-state index contributed by atoms with van der Waals surface area (Å²) < 4.78 is 24.0. The Kier molecular flexibility index (Phi) is 9.20. The summed E-state index contributed by atoms with van der Waals surface area (Å²) in [5.41, 5.74) is 3.41. The summed E-state index contributed by atoms with van der Waals surface area (Å²) in [6.07, 6.45) is 0.0234.